The van der Waals surface area contributed by atoms with Crippen molar-refractivity contribution in [3.05, 3.63) is 52.7 Å². The average molecular weight is 327 g/mol. The number of hydrogen-bond acceptors (Lipinski definition) is 5. The quantitative estimate of drug-likeness (QED) is 0.864. The molecule has 5 heteroatoms. The lowest BCUT2D eigenvalue weighted by molar-refractivity contribution is -0.0640. The van der Waals surface area contributed by atoms with E-state index in [9.17, 15) is 0 Å². The zero-order valence-corrected chi connectivity index (χ0v) is 14.8. The summed E-state index contributed by atoms with van der Waals surface area (Å²) in [4.78, 5) is 2.41. The number of benzene rings is 1. The first kappa shape index (κ1) is 16.9. The van der Waals surface area contributed by atoms with Crippen molar-refractivity contribution in [3.8, 4) is 5.88 Å². The predicted molar refractivity (Wildman–Crippen MR) is 93.1 cm³/mol. The van der Waals surface area contributed by atoms with E-state index in [-0.39, 0.29) is 6.10 Å². The minimum atomic E-state index is 0.104. The third-order valence-electron chi connectivity index (χ3n) is 4.61. The van der Waals surface area contributed by atoms with Gasteiger partial charge in [-0.1, -0.05) is 23.8 Å². The number of rotatable bonds is 4. The summed E-state index contributed by atoms with van der Waals surface area (Å²) in [7, 11) is 1.60. The van der Waals surface area contributed by atoms with Crippen LogP contribution in [0.15, 0.2) is 30.3 Å². The molecule has 0 N–H and O–H groups in total. The van der Waals surface area contributed by atoms with E-state index in [1.54, 1.807) is 7.11 Å². The molecule has 1 aliphatic rings. The Morgan fingerprint density at radius 1 is 1.21 bits per heavy atom. The molecule has 5 nitrogen and oxygen atoms in total. The number of aromatic nitrogens is 2. The highest BCUT2D eigenvalue weighted by molar-refractivity contribution is 5.32. The Morgan fingerprint density at radius 3 is 2.75 bits per heavy atom. The first-order valence-electron chi connectivity index (χ1n) is 8.36. The number of morpholine rings is 1. The second kappa shape index (κ2) is 7.28. The van der Waals surface area contributed by atoms with Crippen LogP contribution < -0.4 is 4.74 Å². The van der Waals surface area contributed by atoms with Crippen LogP contribution in [0.1, 0.15) is 35.4 Å². The number of ether oxygens (including phenoxy) is 2. The van der Waals surface area contributed by atoms with Crippen LogP contribution in [-0.2, 0) is 11.3 Å². The van der Waals surface area contributed by atoms with Crippen LogP contribution in [0, 0.1) is 13.8 Å². The van der Waals surface area contributed by atoms with Crippen molar-refractivity contribution >= 4 is 0 Å². The van der Waals surface area contributed by atoms with Crippen LogP contribution in [0.2, 0.25) is 0 Å². The van der Waals surface area contributed by atoms with E-state index in [0.717, 1.165) is 25.4 Å². The minimum absolute atomic E-state index is 0.104. The van der Waals surface area contributed by atoms with Gasteiger partial charge in [-0.05, 0) is 38.0 Å². The number of aryl methyl sites for hydroxylation is 2. The first-order valence-corrected chi connectivity index (χ1v) is 8.36. The van der Waals surface area contributed by atoms with Gasteiger partial charge in [-0.25, -0.2) is 0 Å². The van der Waals surface area contributed by atoms with Gasteiger partial charge in [-0.2, -0.15) is 5.10 Å². The van der Waals surface area contributed by atoms with Gasteiger partial charge in [0.1, 0.15) is 0 Å². The fourth-order valence-corrected chi connectivity index (χ4v) is 3.07. The first-order chi connectivity index (χ1) is 11.6. The highest BCUT2D eigenvalue weighted by Gasteiger charge is 2.28. The van der Waals surface area contributed by atoms with Crippen LogP contribution in [0.25, 0.3) is 0 Å². The summed E-state index contributed by atoms with van der Waals surface area (Å²) >= 11 is 0. The molecule has 0 saturated carbocycles. The zero-order valence-electron chi connectivity index (χ0n) is 14.8. The summed E-state index contributed by atoms with van der Waals surface area (Å²) < 4.78 is 11.2. The van der Waals surface area contributed by atoms with Crippen LogP contribution >= 0.6 is 0 Å². The van der Waals surface area contributed by atoms with Crippen molar-refractivity contribution in [2.75, 3.05) is 20.3 Å². The van der Waals surface area contributed by atoms with E-state index in [0.29, 0.717) is 11.9 Å². The maximum Gasteiger partial charge on any atom is 0.233 e. The van der Waals surface area contributed by atoms with E-state index in [1.165, 1.54) is 16.7 Å². The minimum Gasteiger partial charge on any atom is -0.480 e. The maximum atomic E-state index is 6.12. The second-order valence-corrected chi connectivity index (χ2v) is 6.53. The van der Waals surface area contributed by atoms with Crippen molar-refractivity contribution in [3.63, 3.8) is 0 Å². The average Bonchev–Trinajstić information content (AvgIpc) is 2.60. The fraction of sp³-hybridized carbons (Fsp3) is 0.474. The van der Waals surface area contributed by atoms with Crippen LogP contribution in [0.4, 0.5) is 0 Å². The Kier molecular flexibility index (Phi) is 5.11. The molecule has 2 atom stereocenters. The molecule has 1 fully saturated rings. The van der Waals surface area contributed by atoms with Crippen molar-refractivity contribution in [1.29, 1.82) is 0 Å². The third-order valence-corrected chi connectivity index (χ3v) is 4.61. The van der Waals surface area contributed by atoms with Gasteiger partial charge in [0, 0.05) is 25.2 Å². The van der Waals surface area contributed by atoms with E-state index in [1.807, 2.05) is 12.1 Å². The van der Waals surface area contributed by atoms with Crippen molar-refractivity contribution in [2.24, 2.45) is 0 Å². The van der Waals surface area contributed by atoms with Gasteiger partial charge in [0.25, 0.3) is 0 Å². The van der Waals surface area contributed by atoms with Crippen LogP contribution in [-0.4, -0.2) is 41.4 Å². The summed E-state index contributed by atoms with van der Waals surface area (Å²) in [6, 6.07) is 10.7. The molecule has 1 aromatic carbocycles. The largest absolute Gasteiger partial charge is 0.480 e. The maximum absolute atomic E-state index is 6.12. The smallest absolute Gasteiger partial charge is 0.233 e. The molecule has 24 heavy (non-hydrogen) atoms. The highest BCUT2D eigenvalue weighted by Crippen LogP contribution is 2.28. The Bertz CT molecular complexity index is 688. The van der Waals surface area contributed by atoms with Crippen LogP contribution in [0.5, 0.6) is 5.88 Å². The molecule has 0 amide bonds. The molecular formula is C19H25N3O2. The summed E-state index contributed by atoms with van der Waals surface area (Å²) in [5, 5.41) is 8.31. The molecule has 3 rings (SSSR count). The van der Waals surface area contributed by atoms with Crippen LogP contribution in [0.3, 0.4) is 0 Å². The monoisotopic (exact) mass is 327 g/mol. The lowest BCUT2D eigenvalue weighted by Gasteiger charge is -2.38. The Labute approximate surface area is 143 Å². The van der Waals surface area contributed by atoms with Crippen molar-refractivity contribution in [2.45, 2.75) is 39.5 Å². The Balaban J connectivity index is 1.74. The van der Waals surface area contributed by atoms with Gasteiger partial charge in [-0.15, -0.1) is 5.10 Å². The molecule has 0 aliphatic carbocycles. The SMILES string of the molecule is COc1ccc(CN2C[C@@H](c3cc(C)ccc3C)OC[C@@H]2C)nn1. The lowest BCUT2D eigenvalue weighted by Crippen LogP contribution is -2.44. The molecule has 1 aromatic heterocycles. The van der Waals surface area contributed by atoms with Crippen molar-refractivity contribution < 1.29 is 9.47 Å². The van der Waals surface area contributed by atoms with E-state index >= 15 is 0 Å². The number of nitrogens with zero attached hydrogens (tertiary/aromatic N) is 3. The Hall–Kier alpha value is -1.98. The highest BCUT2D eigenvalue weighted by atomic mass is 16.5. The van der Waals surface area contributed by atoms with Crippen molar-refractivity contribution in [1.82, 2.24) is 15.1 Å². The number of methoxy groups -OCH3 is 1. The molecule has 1 saturated heterocycles. The summed E-state index contributed by atoms with van der Waals surface area (Å²) in [5.41, 5.74) is 4.78. The van der Waals surface area contributed by atoms with Gasteiger partial charge in [0.05, 0.1) is 25.5 Å². The molecule has 0 bridgehead atoms. The normalized spacial score (nSPS) is 21.7. The van der Waals surface area contributed by atoms with E-state index in [2.05, 4.69) is 54.1 Å². The fourth-order valence-electron chi connectivity index (χ4n) is 3.07. The molecular weight excluding hydrogens is 302 g/mol. The molecule has 2 aromatic rings. The van der Waals surface area contributed by atoms with Gasteiger partial charge in [-0.3, -0.25) is 4.90 Å². The van der Waals surface area contributed by atoms with Gasteiger partial charge < -0.3 is 9.47 Å². The summed E-state index contributed by atoms with van der Waals surface area (Å²) in [6.45, 7) is 8.81. The lowest BCUT2D eigenvalue weighted by atomic mass is 9.99. The molecule has 128 valence electrons. The Morgan fingerprint density at radius 2 is 2.04 bits per heavy atom. The van der Waals surface area contributed by atoms with Gasteiger partial charge in [0.2, 0.25) is 5.88 Å². The standard InChI is InChI=1S/C19H25N3O2/c1-13-5-6-14(2)17(9-13)18-11-22(15(3)12-24-18)10-16-7-8-19(23-4)21-20-16/h5-9,15,18H,10-12H2,1-4H3/t15-,18-/m0/s1. The molecule has 0 unspecified atom stereocenters. The summed E-state index contributed by atoms with van der Waals surface area (Å²) in [6.07, 6.45) is 0.104. The second-order valence-electron chi connectivity index (χ2n) is 6.53. The third kappa shape index (κ3) is 3.74. The molecule has 0 radical (unpaired) electrons. The summed E-state index contributed by atoms with van der Waals surface area (Å²) in [5.74, 6) is 0.544. The van der Waals surface area contributed by atoms with Gasteiger partial charge >= 0.3 is 0 Å². The molecule has 1 aliphatic heterocycles. The van der Waals surface area contributed by atoms with E-state index in [4.69, 9.17) is 9.47 Å². The number of hydrogen-bond donors (Lipinski definition) is 0. The van der Waals surface area contributed by atoms with E-state index < -0.39 is 0 Å². The molecule has 2 heterocycles. The zero-order chi connectivity index (χ0) is 17.1. The predicted octanol–water partition coefficient (Wildman–Crippen LogP) is 3.06. The van der Waals surface area contributed by atoms with Gasteiger partial charge in [0.15, 0.2) is 0 Å². The topological polar surface area (TPSA) is 47.5 Å². The molecule has 0 spiro atoms.